The van der Waals surface area contributed by atoms with Crippen LogP contribution in [0.5, 0.6) is 0 Å². The van der Waals surface area contributed by atoms with Gasteiger partial charge < -0.3 is 9.13 Å². The zero-order chi connectivity index (χ0) is 47.6. The van der Waals surface area contributed by atoms with Crippen molar-refractivity contribution in [1.29, 1.82) is 5.26 Å². The number of benzene rings is 10. The molecule has 70 heavy (non-hydrogen) atoms. The first kappa shape index (κ1) is 42.2. The van der Waals surface area contributed by atoms with Crippen LogP contribution in [0.3, 0.4) is 0 Å². The van der Waals surface area contributed by atoms with Gasteiger partial charge in [-0.2, -0.15) is 5.26 Å². The monoisotopic (exact) mass is 894 g/mol. The molecule has 0 saturated heterocycles. The molecule has 4 heteroatoms. The van der Waals surface area contributed by atoms with Gasteiger partial charge in [0.1, 0.15) is 0 Å². The van der Waals surface area contributed by atoms with Crippen LogP contribution in [-0.4, -0.2) is 9.13 Å². The van der Waals surface area contributed by atoms with E-state index >= 15 is 0 Å². The van der Waals surface area contributed by atoms with Gasteiger partial charge in [0, 0.05) is 32.9 Å². The average Bonchev–Trinajstić information content (AvgIpc) is 3.90. The standard InChI is InChI=1S/C66H46N4/c1-41-14-6-10-18-52(41)45-22-30-63-58(35-45)59-36-46(53-19-11-7-15-42(53)2)23-31-64(59)69(63)50-26-28-56(49(34-50)40-67)57-29-27-51(39-62(57)68-5)70-65-32-24-47(54-20-12-8-16-43(54)3)37-60(65)61-38-48(25-33-66(61)70)55-21-13-9-17-44(55)4/h6-39H,1-4H3. The van der Waals surface area contributed by atoms with E-state index in [1.54, 1.807) is 0 Å². The number of rotatable bonds is 7. The molecule has 0 aliphatic rings. The van der Waals surface area contributed by atoms with Crippen molar-refractivity contribution in [1.82, 2.24) is 9.13 Å². The van der Waals surface area contributed by atoms with E-state index in [0.717, 1.165) is 88.4 Å². The lowest BCUT2D eigenvalue weighted by Gasteiger charge is -2.15. The number of aromatic nitrogens is 2. The molecule has 2 aromatic heterocycles. The average molecular weight is 895 g/mol. The van der Waals surface area contributed by atoms with Crippen molar-refractivity contribution in [2.45, 2.75) is 27.7 Å². The van der Waals surface area contributed by atoms with E-state index in [0.29, 0.717) is 11.3 Å². The van der Waals surface area contributed by atoms with Crippen LogP contribution >= 0.6 is 0 Å². The van der Waals surface area contributed by atoms with Gasteiger partial charge in [-0.3, -0.25) is 0 Å². The quantitative estimate of drug-likeness (QED) is 0.147. The highest BCUT2D eigenvalue weighted by Crippen LogP contribution is 2.43. The maximum absolute atomic E-state index is 10.9. The molecule has 0 radical (unpaired) electrons. The Labute approximate surface area is 408 Å². The molecule has 0 atom stereocenters. The number of nitrogens with zero attached hydrogens (tertiary/aromatic N) is 4. The molecule has 4 nitrogen and oxygen atoms in total. The summed E-state index contributed by atoms with van der Waals surface area (Å²) in [5, 5.41) is 15.5. The lowest BCUT2D eigenvalue weighted by molar-refractivity contribution is 1.17. The second-order valence-corrected chi connectivity index (χ2v) is 18.5. The van der Waals surface area contributed by atoms with Crippen molar-refractivity contribution in [3.05, 3.63) is 245 Å². The summed E-state index contributed by atoms with van der Waals surface area (Å²) < 4.78 is 4.55. The smallest absolute Gasteiger partial charge is 0.197 e. The fourth-order valence-corrected chi connectivity index (χ4v) is 10.8. The van der Waals surface area contributed by atoms with Crippen molar-refractivity contribution < 1.29 is 0 Å². The summed E-state index contributed by atoms with van der Waals surface area (Å²) in [5.74, 6) is 0. The molecule has 0 unspecified atom stereocenters. The molecular formula is C66H46N4. The first-order valence-corrected chi connectivity index (χ1v) is 23.8. The molecule has 0 spiro atoms. The van der Waals surface area contributed by atoms with Gasteiger partial charge in [0.2, 0.25) is 0 Å². The van der Waals surface area contributed by atoms with E-state index in [1.807, 2.05) is 24.3 Å². The van der Waals surface area contributed by atoms with Gasteiger partial charge in [-0.1, -0.05) is 133 Å². The molecule has 12 rings (SSSR count). The van der Waals surface area contributed by atoms with Crippen LogP contribution in [0.1, 0.15) is 27.8 Å². The van der Waals surface area contributed by atoms with Crippen LogP contribution in [0.4, 0.5) is 5.69 Å². The summed E-state index contributed by atoms with van der Waals surface area (Å²) in [6, 6.07) is 75.7. The van der Waals surface area contributed by atoms with Gasteiger partial charge in [-0.05, 0) is 178 Å². The number of hydrogen-bond acceptors (Lipinski definition) is 1. The predicted octanol–water partition coefficient (Wildman–Crippen LogP) is 17.9. The van der Waals surface area contributed by atoms with E-state index in [1.165, 1.54) is 44.5 Å². The molecule has 0 bridgehead atoms. The fourth-order valence-electron chi connectivity index (χ4n) is 10.8. The molecule has 0 N–H and O–H groups in total. The Morgan fingerprint density at radius 2 is 0.686 bits per heavy atom. The Kier molecular flexibility index (Phi) is 10.1. The third kappa shape index (κ3) is 6.89. The van der Waals surface area contributed by atoms with E-state index in [4.69, 9.17) is 6.57 Å². The van der Waals surface area contributed by atoms with Crippen LogP contribution in [0, 0.1) is 45.6 Å². The Bertz CT molecular complexity index is 3720. The minimum absolute atomic E-state index is 0.481. The van der Waals surface area contributed by atoms with Gasteiger partial charge in [0.05, 0.1) is 40.3 Å². The van der Waals surface area contributed by atoms with Crippen LogP contribution in [0.15, 0.2) is 206 Å². The third-order valence-corrected chi connectivity index (χ3v) is 14.4. The lowest BCUT2D eigenvalue weighted by atomic mass is 9.97. The predicted molar refractivity (Wildman–Crippen MR) is 292 cm³/mol. The highest BCUT2D eigenvalue weighted by molar-refractivity contribution is 6.13. The summed E-state index contributed by atoms with van der Waals surface area (Å²) in [6.45, 7) is 17.2. The van der Waals surface area contributed by atoms with E-state index < -0.39 is 0 Å². The highest BCUT2D eigenvalue weighted by Gasteiger charge is 2.21. The normalized spacial score (nSPS) is 11.4. The Hall–Kier alpha value is -9.22. The number of nitriles is 1. The molecule has 330 valence electrons. The van der Waals surface area contributed by atoms with Crippen molar-refractivity contribution in [2.75, 3.05) is 0 Å². The SMILES string of the molecule is [C-]#[N+]c1cc(-n2c3ccc(-c4ccccc4C)cc3c3cc(-c4ccccc4C)ccc32)ccc1-c1ccc(-n2c3ccc(-c4ccccc4C)cc3c3cc(-c4ccccc4C)ccc32)cc1C#N. The highest BCUT2D eigenvalue weighted by atomic mass is 15.0. The largest absolute Gasteiger partial charge is 0.311 e. The van der Waals surface area contributed by atoms with Crippen molar-refractivity contribution in [3.8, 4) is 73.1 Å². The Balaban J connectivity index is 0.995. The molecule has 0 aliphatic carbocycles. The maximum atomic E-state index is 10.9. The molecule has 0 amide bonds. The third-order valence-electron chi connectivity index (χ3n) is 14.4. The minimum Gasteiger partial charge on any atom is -0.311 e. The molecule has 12 aromatic rings. The van der Waals surface area contributed by atoms with E-state index in [2.05, 4.69) is 230 Å². The Morgan fingerprint density at radius 1 is 0.357 bits per heavy atom. The topological polar surface area (TPSA) is 38.0 Å². The zero-order valence-electron chi connectivity index (χ0n) is 39.4. The second-order valence-electron chi connectivity index (χ2n) is 18.5. The van der Waals surface area contributed by atoms with Crippen molar-refractivity contribution >= 4 is 49.3 Å². The van der Waals surface area contributed by atoms with Crippen molar-refractivity contribution in [2.24, 2.45) is 0 Å². The van der Waals surface area contributed by atoms with Crippen LogP contribution in [0.2, 0.25) is 0 Å². The van der Waals surface area contributed by atoms with Crippen molar-refractivity contribution in [3.63, 3.8) is 0 Å². The Morgan fingerprint density at radius 3 is 1.01 bits per heavy atom. The van der Waals surface area contributed by atoms with Gasteiger partial charge in [0.15, 0.2) is 5.69 Å². The molecule has 0 saturated carbocycles. The van der Waals surface area contributed by atoms with Gasteiger partial charge >= 0.3 is 0 Å². The van der Waals surface area contributed by atoms with Gasteiger partial charge in [-0.25, -0.2) is 4.85 Å². The fraction of sp³-hybridized carbons (Fsp3) is 0.0606. The molecule has 0 fully saturated rings. The number of fused-ring (bicyclic) bond motifs is 6. The van der Waals surface area contributed by atoms with Crippen LogP contribution in [-0.2, 0) is 0 Å². The summed E-state index contributed by atoms with van der Waals surface area (Å²) in [4.78, 5) is 4.13. The molecular weight excluding hydrogens is 849 g/mol. The first-order valence-electron chi connectivity index (χ1n) is 23.8. The lowest BCUT2D eigenvalue weighted by Crippen LogP contribution is -1.97. The van der Waals surface area contributed by atoms with Crippen LogP contribution in [0.25, 0.3) is 115 Å². The second kappa shape index (κ2) is 16.8. The van der Waals surface area contributed by atoms with Gasteiger partial charge in [0.25, 0.3) is 0 Å². The maximum Gasteiger partial charge on any atom is 0.197 e. The first-order chi connectivity index (χ1) is 34.3. The zero-order valence-corrected chi connectivity index (χ0v) is 39.4. The summed E-state index contributed by atoms with van der Waals surface area (Å²) in [6.07, 6.45) is 0. The molecule has 10 aromatic carbocycles. The minimum atomic E-state index is 0.481. The van der Waals surface area contributed by atoms with E-state index in [-0.39, 0.29) is 0 Å². The summed E-state index contributed by atoms with van der Waals surface area (Å²) in [5.41, 5.74) is 22.8. The molecule has 0 aliphatic heterocycles. The van der Waals surface area contributed by atoms with E-state index in [9.17, 15) is 5.26 Å². The number of hydrogen-bond donors (Lipinski definition) is 0. The van der Waals surface area contributed by atoms with Gasteiger partial charge in [-0.15, -0.1) is 0 Å². The number of aryl methyl sites for hydroxylation is 4. The van der Waals surface area contributed by atoms with Crippen LogP contribution < -0.4 is 0 Å². The summed E-state index contributed by atoms with van der Waals surface area (Å²) in [7, 11) is 0. The summed E-state index contributed by atoms with van der Waals surface area (Å²) >= 11 is 0. The molecule has 2 heterocycles.